The highest BCUT2D eigenvalue weighted by molar-refractivity contribution is 8.00. The first-order valence-corrected chi connectivity index (χ1v) is 6.76. The van der Waals surface area contributed by atoms with E-state index in [1.165, 1.54) is 31.4 Å². The molecule has 1 aliphatic carbocycles. The van der Waals surface area contributed by atoms with Crippen LogP contribution in [0.3, 0.4) is 0 Å². The van der Waals surface area contributed by atoms with Crippen molar-refractivity contribution in [3.05, 3.63) is 0 Å². The molecule has 0 aromatic carbocycles. The van der Waals surface area contributed by atoms with Gasteiger partial charge in [0.25, 0.3) is 0 Å². The van der Waals surface area contributed by atoms with E-state index in [2.05, 4.69) is 29.3 Å². The van der Waals surface area contributed by atoms with Gasteiger partial charge < -0.3 is 10.6 Å². The normalized spacial score (nSPS) is 31.5. The lowest BCUT2D eigenvalue weighted by Crippen LogP contribution is -2.42. The summed E-state index contributed by atoms with van der Waals surface area (Å²) < 4.78 is 0.412. The van der Waals surface area contributed by atoms with Crippen molar-refractivity contribution >= 4 is 29.1 Å². The Labute approximate surface area is 95.6 Å². The second-order valence-corrected chi connectivity index (χ2v) is 6.59. The van der Waals surface area contributed by atoms with Crippen LogP contribution in [0.2, 0.25) is 0 Å². The Hall–Kier alpha value is 0.0400. The minimum Gasteiger partial charge on any atom is -0.361 e. The zero-order chi connectivity index (χ0) is 10.0. The Kier molecular flexibility index (Phi) is 3.22. The maximum atomic E-state index is 5.22. The van der Waals surface area contributed by atoms with Crippen LogP contribution in [0.1, 0.15) is 32.6 Å². The molecule has 1 aliphatic heterocycles. The molecule has 14 heavy (non-hydrogen) atoms. The molecule has 2 nitrogen and oxygen atoms in total. The summed E-state index contributed by atoms with van der Waals surface area (Å²) in [5.41, 5.74) is 0. The third-order valence-corrected chi connectivity index (χ3v) is 4.64. The minimum atomic E-state index is 0.412. The largest absolute Gasteiger partial charge is 0.361 e. The summed E-state index contributed by atoms with van der Waals surface area (Å²) in [5, 5.41) is 7.49. The molecule has 0 radical (unpaired) electrons. The summed E-state index contributed by atoms with van der Waals surface area (Å²) in [6, 6.07) is 0.666. The van der Waals surface area contributed by atoms with Gasteiger partial charge in [-0.15, -0.1) is 0 Å². The van der Waals surface area contributed by atoms with Crippen molar-refractivity contribution < 1.29 is 0 Å². The van der Waals surface area contributed by atoms with E-state index < -0.39 is 0 Å². The Bertz CT molecular complexity index is 220. The number of thioether (sulfide) groups is 1. The Morgan fingerprint density at radius 3 is 2.93 bits per heavy atom. The van der Waals surface area contributed by atoms with Gasteiger partial charge in [0.2, 0.25) is 0 Å². The lowest BCUT2D eigenvalue weighted by atomic mass is 10.1. The summed E-state index contributed by atoms with van der Waals surface area (Å²) in [6.45, 7) is 3.34. The molecule has 0 aromatic rings. The van der Waals surface area contributed by atoms with Crippen molar-refractivity contribution in [3.63, 3.8) is 0 Å². The van der Waals surface area contributed by atoms with Crippen LogP contribution < -0.4 is 10.6 Å². The second kappa shape index (κ2) is 4.27. The maximum Gasteiger partial charge on any atom is 0.166 e. The van der Waals surface area contributed by atoms with Crippen LogP contribution in [-0.2, 0) is 0 Å². The molecular weight excluding hydrogens is 212 g/mol. The lowest BCUT2D eigenvalue weighted by molar-refractivity contribution is 0.587. The molecular formula is C10H18N2S2. The molecule has 0 bridgehead atoms. The molecule has 1 unspecified atom stereocenters. The average Bonchev–Trinajstić information content (AvgIpc) is 2.85. The zero-order valence-electron chi connectivity index (χ0n) is 8.64. The van der Waals surface area contributed by atoms with Crippen molar-refractivity contribution in [1.29, 1.82) is 0 Å². The lowest BCUT2D eigenvalue weighted by Gasteiger charge is -2.23. The molecule has 1 heterocycles. The number of hydrogen-bond donors (Lipinski definition) is 2. The predicted octanol–water partition coefficient (Wildman–Crippen LogP) is 1.90. The molecule has 1 saturated carbocycles. The van der Waals surface area contributed by atoms with Gasteiger partial charge in [0.1, 0.15) is 0 Å². The summed E-state index contributed by atoms with van der Waals surface area (Å²) in [7, 11) is 0. The molecule has 0 amide bonds. The molecule has 0 spiro atoms. The van der Waals surface area contributed by atoms with Crippen LogP contribution in [0, 0.1) is 0 Å². The van der Waals surface area contributed by atoms with E-state index in [4.69, 9.17) is 12.2 Å². The van der Waals surface area contributed by atoms with Gasteiger partial charge in [-0.3, -0.25) is 0 Å². The summed E-state index contributed by atoms with van der Waals surface area (Å²) >= 11 is 7.29. The van der Waals surface area contributed by atoms with Gasteiger partial charge in [0.15, 0.2) is 5.11 Å². The minimum absolute atomic E-state index is 0.412. The maximum absolute atomic E-state index is 5.22. The van der Waals surface area contributed by atoms with Gasteiger partial charge in [0.05, 0.1) is 0 Å². The highest BCUT2D eigenvalue weighted by atomic mass is 32.2. The van der Waals surface area contributed by atoms with Gasteiger partial charge in [-0.25, -0.2) is 0 Å². The van der Waals surface area contributed by atoms with Gasteiger partial charge in [-0.1, -0.05) is 0 Å². The molecule has 1 saturated heterocycles. The van der Waals surface area contributed by atoms with Crippen LogP contribution >= 0.6 is 24.0 Å². The molecule has 2 rings (SSSR count). The first-order valence-electron chi connectivity index (χ1n) is 5.36. The fraction of sp³-hybridized carbons (Fsp3) is 0.900. The Morgan fingerprint density at radius 2 is 2.36 bits per heavy atom. The van der Waals surface area contributed by atoms with Gasteiger partial charge >= 0.3 is 0 Å². The summed E-state index contributed by atoms with van der Waals surface area (Å²) in [6.07, 6.45) is 5.24. The van der Waals surface area contributed by atoms with Crippen molar-refractivity contribution in [2.75, 3.05) is 12.3 Å². The van der Waals surface area contributed by atoms with E-state index in [-0.39, 0.29) is 0 Å². The number of hydrogen-bond acceptors (Lipinski definition) is 2. The van der Waals surface area contributed by atoms with E-state index >= 15 is 0 Å². The summed E-state index contributed by atoms with van der Waals surface area (Å²) in [5.74, 6) is 1.31. The van der Waals surface area contributed by atoms with Crippen LogP contribution in [-0.4, -0.2) is 28.2 Å². The molecule has 1 atom stereocenters. The second-order valence-electron chi connectivity index (χ2n) is 4.50. The average molecular weight is 230 g/mol. The molecule has 80 valence electrons. The van der Waals surface area contributed by atoms with E-state index in [0.29, 0.717) is 10.8 Å². The van der Waals surface area contributed by atoms with Crippen LogP contribution in [0.4, 0.5) is 0 Å². The third kappa shape index (κ3) is 3.02. The standard InChI is InChI=1S/C10H18N2S2/c1-10(5-2-6-14-10)7-11-9(13)12-8-3-4-8/h8H,2-7H2,1H3,(H2,11,12,13). The molecule has 2 aliphatic rings. The van der Waals surface area contributed by atoms with E-state index in [9.17, 15) is 0 Å². The van der Waals surface area contributed by atoms with Crippen molar-refractivity contribution in [2.24, 2.45) is 0 Å². The molecule has 0 aromatic heterocycles. The zero-order valence-corrected chi connectivity index (χ0v) is 10.3. The SMILES string of the molecule is CC1(CNC(=S)NC2CC2)CCCS1. The van der Waals surface area contributed by atoms with Gasteiger partial charge in [-0.05, 0) is 50.6 Å². The molecule has 4 heteroatoms. The fourth-order valence-electron chi connectivity index (χ4n) is 1.71. The smallest absolute Gasteiger partial charge is 0.166 e. The topological polar surface area (TPSA) is 24.1 Å². The van der Waals surface area contributed by atoms with Gasteiger partial charge in [-0.2, -0.15) is 11.8 Å². The monoisotopic (exact) mass is 230 g/mol. The van der Waals surface area contributed by atoms with E-state index in [1.807, 2.05) is 0 Å². The predicted molar refractivity (Wildman–Crippen MR) is 66.9 cm³/mol. The Balaban J connectivity index is 1.67. The highest BCUT2D eigenvalue weighted by Gasteiger charge is 2.29. The fourth-order valence-corrected chi connectivity index (χ4v) is 3.19. The number of nitrogens with one attached hydrogen (secondary N) is 2. The van der Waals surface area contributed by atoms with E-state index in [1.54, 1.807) is 0 Å². The van der Waals surface area contributed by atoms with E-state index in [0.717, 1.165) is 11.7 Å². The quantitative estimate of drug-likeness (QED) is 0.723. The van der Waals surface area contributed by atoms with Crippen molar-refractivity contribution in [1.82, 2.24) is 10.6 Å². The van der Waals surface area contributed by atoms with Crippen LogP contribution in [0.15, 0.2) is 0 Å². The van der Waals surface area contributed by atoms with Crippen molar-refractivity contribution in [3.8, 4) is 0 Å². The number of rotatable bonds is 3. The summed E-state index contributed by atoms with van der Waals surface area (Å²) in [4.78, 5) is 0. The van der Waals surface area contributed by atoms with Crippen LogP contribution in [0.25, 0.3) is 0 Å². The Morgan fingerprint density at radius 1 is 1.57 bits per heavy atom. The highest BCUT2D eigenvalue weighted by Crippen LogP contribution is 2.36. The molecule has 2 fully saturated rings. The first kappa shape index (κ1) is 10.6. The first-order chi connectivity index (χ1) is 6.68. The molecule has 2 N–H and O–H groups in total. The van der Waals surface area contributed by atoms with Gasteiger partial charge in [0, 0.05) is 17.3 Å². The van der Waals surface area contributed by atoms with Crippen molar-refractivity contribution in [2.45, 2.75) is 43.4 Å². The third-order valence-electron chi connectivity index (χ3n) is 2.84. The van der Waals surface area contributed by atoms with Crippen LogP contribution in [0.5, 0.6) is 0 Å². The number of thiocarbonyl (C=S) groups is 1.